The summed E-state index contributed by atoms with van der Waals surface area (Å²) < 4.78 is 64.3. The maximum absolute atomic E-state index is 13.8. The molecule has 0 N–H and O–H groups in total. The van der Waals surface area contributed by atoms with Gasteiger partial charge in [0, 0.05) is 30.6 Å². The third-order valence-corrected chi connectivity index (χ3v) is 7.33. The van der Waals surface area contributed by atoms with Crippen LogP contribution in [0.4, 0.5) is 8.78 Å². The number of rotatable bonds is 6. The van der Waals surface area contributed by atoms with E-state index in [1.54, 1.807) is 23.1 Å². The lowest BCUT2D eigenvalue weighted by Crippen LogP contribution is -2.42. The molecule has 1 fully saturated rings. The third kappa shape index (κ3) is 5.20. The molecule has 33 heavy (non-hydrogen) atoms. The third-order valence-electron chi connectivity index (χ3n) is 5.61. The molecule has 0 unspecified atom stereocenters. The molecule has 0 aliphatic carbocycles. The van der Waals surface area contributed by atoms with Crippen LogP contribution >= 0.6 is 12.4 Å². The van der Waals surface area contributed by atoms with Crippen LogP contribution in [0.5, 0.6) is 11.5 Å². The van der Waals surface area contributed by atoms with Crippen molar-refractivity contribution in [1.82, 2.24) is 9.88 Å². The van der Waals surface area contributed by atoms with Crippen molar-refractivity contribution in [3.8, 4) is 11.5 Å². The molecule has 178 valence electrons. The van der Waals surface area contributed by atoms with Crippen LogP contribution in [0.1, 0.15) is 18.4 Å². The van der Waals surface area contributed by atoms with Crippen LogP contribution in [0.15, 0.2) is 58.5 Å². The normalized spacial score (nSPS) is 16.2. The number of hydrogen-bond donors (Lipinski definition) is 0. The first-order valence-electron chi connectivity index (χ1n) is 10.2. The predicted octanol–water partition coefficient (Wildman–Crippen LogP) is 4.74. The van der Waals surface area contributed by atoms with Crippen LogP contribution < -0.4 is 9.47 Å². The second-order valence-electron chi connectivity index (χ2n) is 7.85. The van der Waals surface area contributed by atoms with E-state index < -0.39 is 15.8 Å². The molecule has 6 nitrogen and oxygen atoms in total. The van der Waals surface area contributed by atoms with E-state index in [2.05, 4.69) is 4.98 Å². The zero-order chi connectivity index (χ0) is 22.9. The summed E-state index contributed by atoms with van der Waals surface area (Å²) in [4.78, 5) is 6.22. The zero-order valence-electron chi connectivity index (χ0n) is 18.3. The van der Waals surface area contributed by atoms with Gasteiger partial charge in [-0.2, -0.15) is 0 Å². The Hall–Kier alpha value is -2.49. The summed E-state index contributed by atoms with van der Waals surface area (Å²) in [6, 6.07) is 11.3. The number of methoxy groups -OCH3 is 2. The fourth-order valence-corrected chi connectivity index (χ4v) is 5.28. The molecule has 0 atom stereocenters. The molecule has 0 amide bonds. The number of para-hydroxylation sites is 1. The summed E-state index contributed by atoms with van der Waals surface area (Å²) in [6.45, 7) is 0.647. The molecule has 0 bridgehead atoms. The van der Waals surface area contributed by atoms with Gasteiger partial charge in [0.25, 0.3) is 5.92 Å². The number of fused-ring (bicyclic) bond motifs is 1. The van der Waals surface area contributed by atoms with Crippen LogP contribution in [-0.2, 0) is 16.4 Å². The van der Waals surface area contributed by atoms with Crippen LogP contribution in [-0.4, -0.2) is 51.5 Å². The Kier molecular flexibility index (Phi) is 7.45. The lowest BCUT2D eigenvalue weighted by Gasteiger charge is -2.32. The number of ether oxygens (including phenoxy) is 2. The van der Waals surface area contributed by atoms with Crippen LogP contribution in [0.2, 0.25) is 0 Å². The highest BCUT2D eigenvalue weighted by Gasteiger charge is 2.35. The highest BCUT2D eigenvalue weighted by Crippen LogP contribution is 2.33. The van der Waals surface area contributed by atoms with Gasteiger partial charge in [0.15, 0.2) is 11.5 Å². The summed E-state index contributed by atoms with van der Waals surface area (Å²) in [6.07, 6.45) is 1.66. The molecule has 4 rings (SSSR count). The first-order chi connectivity index (χ1) is 15.2. The van der Waals surface area contributed by atoms with E-state index in [-0.39, 0.29) is 35.2 Å². The van der Waals surface area contributed by atoms with Crippen molar-refractivity contribution in [3.05, 3.63) is 54.2 Å². The maximum atomic E-state index is 13.8. The maximum Gasteiger partial charge on any atom is 0.260 e. The minimum absolute atomic E-state index is 0. The number of aromatic nitrogens is 1. The second-order valence-corrected chi connectivity index (χ2v) is 9.80. The van der Waals surface area contributed by atoms with E-state index in [0.717, 1.165) is 5.56 Å². The topological polar surface area (TPSA) is 68.7 Å². The van der Waals surface area contributed by atoms with E-state index in [0.29, 0.717) is 41.9 Å². The highest BCUT2D eigenvalue weighted by atomic mass is 35.5. The van der Waals surface area contributed by atoms with Crippen molar-refractivity contribution in [2.75, 3.05) is 27.3 Å². The molecule has 2 aromatic carbocycles. The quantitative estimate of drug-likeness (QED) is 0.489. The van der Waals surface area contributed by atoms with Gasteiger partial charge in [0.1, 0.15) is 0 Å². The number of nitrogens with zero attached hydrogens (tertiary/aromatic N) is 2. The van der Waals surface area contributed by atoms with Crippen LogP contribution in [0.25, 0.3) is 10.9 Å². The SMILES string of the molecule is COc1ccc(S(=O)(=O)c2cnc3c(CN4CCCC(F)(F)C4)cccc3c2)cc1OC.Cl. The van der Waals surface area contributed by atoms with Gasteiger partial charge in [-0.1, -0.05) is 18.2 Å². The van der Waals surface area contributed by atoms with Gasteiger partial charge < -0.3 is 9.47 Å². The predicted molar refractivity (Wildman–Crippen MR) is 123 cm³/mol. The van der Waals surface area contributed by atoms with Crippen LogP contribution in [0.3, 0.4) is 0 Å². The molecule has 3 aromatic rings. The first kappa shape index (κ1) is 25.1. The summed E-state index contributed by atoms with van der Waals surface area (Å²) in [5, 5.41) is 0.632. The lowest BCUT2D eigenvalue weighted by atomic mass is 10.0. The largest absolute Gasteiger partial charge is 0.493 e. The molecule has 1 aliphatic heterocycles. The molecule has 1 saturated heterocycles. The van der Waals surface area contributed by atoms with Gasteiger partial charge in [0.2, 0.25) is 9.84 Å². The number of likely N-dealkylation sites (tertiary alicyclic amines) is 1. The van der Waals surface area contributed by atoms with Crippen molar-refractivity contribution in [2.24, 2.45) is 0 Å². The number of sulfone groups is 1. The molecule has 1 aromatic heterocycles. The van der Waals surface area contributed by atoms with Gasteiger partial charge in [-0.25, -0.2) is 17.2 Å². The highest BCUT2D eigenvalue weighted by molar-refractivity contribution is 7.91. The summed E-state index contributed by atoms with van der Waals surface area (Å²) in [5.74, 6) is -1.95. The summed E-state index contributed by atoms with van der Waals surface area (Å²) in [5.41, 5.74) is 1.39. The van der Waals surface area contributed by atoms with E-state index in [1.807, 2.05) is 6.07 Å². The van der Waals surface area contributed by atoms with Crippen molar-refractivity contribution < 1.29 is 26.7 Å². The molecular weight excluding hydrogens is 474 g/mol. The Balaban J connectivity index is 0.00000306. The molecule has 2 heterocycles. The minimum atomic E-state index is -3.85. The molecule has 1 aliphatic rings. The van der Waals surface area contributed by atoms with Crippen LogP contribution in [0, 0.1) is 0 Å². The summed E-state index contributed by atoms with van der Waals surface area (Å²) in [7, 11) is -0.941. The Morgan fingerprint density at radius 2 is 1.82 bits per heavy atom. The lowest BCUT2D eigenvalue weighted by molar-refractivity contribution is -0.0660. The summed E-state index contributed by atoms with van der Waals surface area (Å²) >= 11 is 0. The Morgan fingerprint density at radius 1 is 1.06 bits per heavy atom. The van der Waals surface area contributed by atoms with E-state index in [1.165, 1.54) is 38.6 Å². The number of pyridine rings is 1. The van der Waals surface area contributed by atoms with Gasteiger partial charge in [-0.3, -0.25) is 9.88 Å². The molecule has 10 heteroatoms. The van der Waals surface area contributed by atoms with Gasteiger partial charge in [-0.05, 0) is 36.7 Å². The minimum Gasteiger partial charge on any atom is -0.493 e. The monoisotopic (exact) mass is 498 g/mol. The molecule has 0 spiro atoms. The van der Waals surface area contributed by atoms with Gasteiger partial charge in [0.05, 0.1) is 36.1 Å². The van der Waals surface area contributed by atoms with Gasteiger partial charge in [-0.15, -0.1) is 12.4 Å². The standard InChI is InChI=1S/C23H24F2N2O4S.ClH/c1-30-20-8-7-18(12-21(20)31-2)32(28,29)19-11-16-5-3-6-17(22(16)26-13-19)14-27-10-4-9-23(24,25)15-27;/h3,5-8,11-13H,4,9-10,14-15H2,1-2H3;1H. The average molecular weight is 499 g/mol. The molecular formula is C23H25ClF2N2O4S. The van der Waals surface area contributed by atoms with E-state index >= 15 is 0 Å². The van der Waals surface area contributed by atoms with Crippen molar-refractivity contribution in [1.29, 1.82) is 0 Å². The molecule has 0 saturated carbocycles. The number of benzene rings is 2. The van der Waals surface area contributed by atoms with Crippen molar-refractivity contribution >= 4 is 33.1 Å². The van der Waals surface area contributed by atoms with E-state index in [4.69, 9.17) is 9.47 Å². The van der Waals surface area contributed by atoms with Crippen molar-refractivity contribution in [3.63, 3.8) is 0 Å². The van der Waals surface area contributed by atoms with E-state index in [9.17, 15) is 17.2 Å². The molecule has 0 radical (unpaired) electrons. The number of piperidine rings is 1. The average Bonchev–Trinajstić information content (AvgIpc) is 2.77. The first-order valence-corrected chi connectivity index (χ1v) is 11.7. The fourth-order valence-electron chi connectivity index (χ4n) is 4.02. The van der Waals surface area contributed by atoms with Crippen molar-refractivity contribution in [2.45, 2.75) is 35.1 Å². The smallest absolute Gasteiger partial charge is 0.260 e. The number of hydrogen-bond acceptors (Lipinski definition) is 6. The Morgan fingerprint density at radius 3 is 2.52 bits per heavy atom. The zero-order valence-corrected chi connectivity index (χ0v) is 19.9. The number of halogens is 3. The Labute approximate surface area is 197 Å². The number of alkyl halides is 2. The second kappa shape index (κ2) is 9.79. The fraction of sp³-hybridized carbons (Fsp3) is 0.348. The van der Waals surface area contributed by atoms with Gasteiger partial charge >= 0.3 is 0 Å². The Bertz CT molecular complexity index is 1250.